The minimum atomic E-state index is -0.540. The van der Waals surface area contributed by atoms with Gasteiger partial charge < -0.3 is 14.0 Å². The van der Waals surface area contributed by atoms with Crippen molar-refractivity contribution in [3.8, 4) is 11.5 Å². The molecular formula is C25H25N3O5. The summed E-state index contributed by atoms with van der Waals surface area (Å²) in [7, 11) is 4.76. The van der Waals surface area contributed by atoms with Gasteiger partial charge in [-0.05, 0) is 47.9 Å². The van der Waals surface area contributed by atoms with Gasteiger partial charge in [0, 0.05) is 13.2 Å². The largest absolute Gasteiger partial charge is 0.497 e. The molecule has 4 aromatic rings. The molecule has 2 aromatic heterocycles. The number of rotatable bonds is 6. The second-order valence-corrected chi connectivity index (χ2v) is 7.91. The summed E-state index contributed by atoms with van der Waals surface area (Å²) < 4.78 is 14.4. The first-order valence-corrected chi connectivity index (χ1v) is 10.4. The minimum Gasteiger partial charge on any atom is -0.497 e. The Morgan fingerprint density at radius 2 is 1.21 bits per heavy atom. The number of benzene rings is 2. The van der Waals surface area contributed by atoms with E-state index in [4.69, 9.17) is 9.47 Å². The number of aryl methyl sites for hydroxylation is 2. The highest BCUT2D eigenvalue weighted by atomic mass is 16.5. The Balaban J connectivity index is 1.95. The summed E-state index contributed by atoms with van der Waals surface area (Å²) in [5.41, 5.74) is 0.895. The highest BCUT2D eigenvalue weighted by molar-refractivity contribution is 5.80. The van der Waals surface area contributed by atoms with Crippen LogP contribution in [-0.2, 0) is 20.1 Å². The lowest BCUT2D eigenvalue weighted by atomic mass is 10.1. The first-order valence-electron chi connectivity index (χ1n) is 10.4. The lowest BCUT2D eigenvalue weighted by Crippen LogP contribution is -2.43. The number of methoxy groups -OCH3 is 2. The third kappa shape index (κ3) is 4.07. The fraction of sp³-hybridized carbons (Fsp3) is 0.240. The number of aromatic nitrogens is 3. The molecule has 8 heteroatoms. The van der Waals surface area contributed by atoms with E-state index in [-0.39, 0.29) is 24.0 Å². The molecule has 0 aliphatic carbocycles. The van der Waals surface area contributed by atoms with E-state index in [2.05, 4.69) is 0 Å². The number of hydrogen-bond acceptors (Lipinski definition) is 5. The molecule has 33 heavy (non-hydrogen) atoms. The zero-order valence-corrected chi connectivity index (χ0v) is 19.0. The van der Waals surface area contributed by atoms with Crippen molar-refractivity contribution in [3.05, 3.63) is 103 Å². The van der Waals surface area contributed by atoms with Crippen LogP contribution in [0.3, 0.4) is 0 Å². The van der Waals surface area contributed by atoms with Crippen molar-refractivity contribution in [1.82, 2.24) is 13.7 Å². The third-order valence-electron chi connectivity index (χ3n) is 5.73. The van der Waals surface area contributed by atoms with Crippen LogP contribution >= 0.6 is 0 Å². The highest BCUT2D eigenvalue weighted by Crippen LogP contribution is 2.16. The van der Waals surface area contributed by atoms with E-state index < -0.39 is 16.8 Å². The Morgan fingerprint density at radius 3 is 1.70 bits per heavy atom. The second kappa shape index (κ2) is 8.82. The van der Waals surface area contributed by atoms with Crippen LogP contribution in [0.25, 0.3) is 10.9 Å². The zero-order chi connectivity index (χ0) is 23.7. The summed E-state index contributed by atoms with van der Waals surface area (Å²) in [6, 6.07) is 14.4. The Hall–Kier alpha value is -4.07. The van der Waals surface area contributed by atoms with E-state index in [1.807, 2.05) is 12.1 Å². The fourth-order valence-corrected chi connectivity index (χ4v) is 3.97. The van der Waals surface area contributed by atoms with Gasteiger partial charge in [0.1, 0.15) is 17.0 Å². The second-order valence-electron chi connectivity index (χ2n) is 7.91. The molecule has 2 aromatic carbocycles. The van der Waals surface area contributed by atoms with Crippen molar-refractivity contribution < 1.29 is 9.47 Å². The van der Waals surface area contributed by atoms with Gasteiger partial charge in [-0.15, -0.1) is 0 Å². The molecule has 0 fully saturated rings. The maximum absolute atomic E-state index is 13.6. The van der Waals surface area contributed by atoms with Crippen LogP contribution < -0.4 is 26.3 Å². The summed E-state index contributed by atoms with van der Waals surface area (Å²) in [5.74, 6) is 1.37. The number of pyridine rings is 1. The van der Waals surface area contributed by atoms with Crippen LogP contribution in [-0.4, -0.2) is 27.9 Å². The van der Waals surface area contributed by atoms with E-state index in [0.717, 1.165) is 11.1 Å². The lowest BCUT2D eigenvalue weighted by Gasteiger charge is -2.16. The molecule has 0 atom stereocenters. The lowest BCUT2D eigenvalue weighted by molar-refractivity contribution is 0.414. The molecule has 0 bridgehead atoms. The third-order valence-corrected chi connectivity index (χ3v) is 5.73. The van der Waals surface area contributed by atoms with Crippen molar-refractivity contribution in [3.63, 3.8) is 0 Å². The van der Waals surface area contributed by atoms with E-state index in [0.29, 0.717) is 17.1 Å². The predicted molar refractivity (Wildman–Crippen MR) is 127 cm³/mol. The van der Waals surface area contributed by atoms with Crippen LogP contribution in [0, 0.1) is 6.92 Å². The number of hydrogen-bond donors (Lipinski definition) is 0. The van der Waals surface area contributed by atoms with Crippen molar-refractivity contribution in [2.75, 3.05) is 14.2 Å². The topological polar surface area (TPSA) is 84.5 Å². The number of fused-ring (bicyclic) bond motifs is 1. The zero-order valence-electron chi connectivity index (χ0n) is 19.0. The van der Waals surface area contributed by atoms with Gasteiger partial charge in [0.15, 0.2) is 0 Å². The van der Waals surface area contributed by atoms with Gasteiger partial charge in [-0.1, -0.05) is 24.3 Å². The average molecular weight is 447 g/mol. The van der Waals surface area contributed by atoms with Gasteiger partial charge in [0.25, 0.3) is 11.1 Å². The van der Waals surface area contributed by atoms with Crippen LogP contribution in [0.5, 0.6) is 11.5 Å². The van der Waals surface area contributed by atoms with Crippen molar-refractivity contribution in [2.24, 2.45) is 7.05 Å². The van der Waals surface area contributed by atoms with Gasteiger partial charge >= 0.3 is 5.69 Å². The van der Waals surface area contributed by atoms with Crippen LogP contribution in [0.15, 0.2) is 69.1 Å². The maximum atomic E-state index is 13.6. The SMILES string of the molecule is COc1ccc(Cn2c(=O)c3c(C)cn(C)c(=O)c3n(Cc3ccc(OC)cc3)c2=O)cc1. The van der Waals surface area contributed by atoms with Crippen LogP contribution in [0.2, 0.25) is 0 Å². The van der Waals surface area contributed by atoms with Gasteiger partial charge in [0.05, 0.1) is 32.7 Å². The van der Waals surface area contributed by atoms with Crippen molar-refractivity contribution >= 4 is 10.9 Å². The molecule has 0 spiro atoms. The molecule has 0 aliphatic rings. The summed E-state index contributed by atoms with van der Waals surface area (Å²) in [4.78, 5) is 40.0. The first kappa shape index (κ1) is 22.1. The van der Waals surface area contributed by atoms with Gasteiger partial charge in [-0.2, -0.15) is 0 Å². The van der Waals surface area contributed by atoms with E-state index in [9.17, 15) is 14.4 Å². The molecule has 0 unspecified atom stereocenters. The Labute approximate surface area is 189 Å². The summed E-state index contributed by atoms with van der Waals surface area (Å²) in [5, 5.41) is 0.250. The Kier molecular flexibility index (Phi) is 5.91. The highest BCUT2D eigenvalue weighted by Gasteiger charge is 2.19. The van der Waals surface area contributed by atoms with Crippen molar-refractivity contribution in [2.45, 2.75) is 20.0 Å². The molecular weight excluding hydrogens is 422 g/mol. The van der Waals surface area contributed by atoms with Gasteiger partial charge in [-0.3, -0.25) is 18.7 Å². The monoisotopic (exact) mass is 447 g/mol. The molecule has 0 amide bonds. The Morgan fingerprint density at radius 1 is 0.727 bits per heavy atom. The molecule has 2 heterocycles. The molecule has 170 valence electrons. The average Bonchev–Trinajstić information content (AvgIpc) is 2.82. The molecule has 0 aliphatic heterocycles. The first-order chi connectivity index (χ1) is 15.8. The van der Waals surface area contributed by atoms with Gasteiger partial charge in [-0.25, -0.2) is 4.79 Å². The van der Waals surface area contributed by atoms with Gasteiger partial charge in [0.2, 0.25) is 0 Å². The Bertz CT molecular complexity index is 1490. The van der Waals surface area contributed by atoms with E-state index in [1.54, 1.807) is 70.8 Å². The summed E-state index contributed by atoms with van der Waals surface area (Å²) >= 11 is 0. The predicted octanol–water partition coefficient (Wildman–Crippen LogP) is 2.28. The quantitative estimate of drug-likeness (QED) is 0.453. The van der Waals surface area contributed by atoms with Crippen LogP contribution in [0.4, 0.5) is 0 Å². The van der Waals surface area contributed by atoms with E-state index in [1.165, 1.54) is 13.7 Å². The molecule has 0 N–H and O–H groups in total. The molecule has 0 saturated heterocycles. The molecule has 8 nitrogen and oxygen atoms in total. The number of ether oxygens (including phenoxy) is 2. The smallest absolute Gasteiger partial charge is 0.332 e. The summed E-state index contributed by atoms with van der Waals surface area (Å²) in [6.07, 6.45) is 1.62. The van der Waals surface area contributed by atoms with E-state index >= 15 is 0 Å². The molecule has 0 radical (unpaired) electrons. The van der Waals surface area contributed by atoms with Crippen molar-refractivity contribution in [1.29, 1.82) is 0 Å². The maximum Gasteiger partial charge on any atom is 0.332 e. The van der Waals surface area contributed by atoms with Crippen LogP contribution in [0.1, 0.15) is 16.7 Å². The fourth-order valence-electron chi connectivity index (χ4n) is 3.97. The molecule has 4 rings (SSSR count). The number of nitrogens with zero attached hydrogens (tertiary/aromatic N) is 3. The normalized spacial score (nSPS) is 11.0. The molecule has 0 saturated carbocycles. The minimum absolute atomic E-state index is 0.0782. The summed E-state index contributed by atoms with van der Waals surface area (Å²) in [6.45, 7) is 1.98. The standard InChI is InChI=1S/C25H25N3O5/c1-16-13-26(2)24(30)22-21(16)23(29)28(15-18-7-11-20(33-4)12-8-18)25(31)27(22)14-17-5-9-19(32-3)10-6-17/h5-13H,14-15H2,1-4H3.